The van der Waals surface area contributed by atoms with Crippen LogP contribution in [0.4, 0.5) is 0 Å². The van der Waals surface area contributed by atoms with Crippen molar-refractivity contribution in [2.45, 2.75) is 39.2 Å². The third-order valence-electron chi connectivity index (χ3n) is 5.30. The molecule has 3 aromatic rings. The molecule has 1 aliphatic rings. The molecule has 1 atom stereocenters. The number of rotatable bonds is 5. The summed E-state index contributed by atoms with van der Waals surface area (Å²) in [6, 6.07) is 13.8. The number of amides is 1. The van der Waals surface area contributed by atoms with Gasteiger partial charge in [-0.25, -0.2) is 4.98 Å². The van der Waals surface area contributed by atoms with Crippen LogP contribution in [0.3, 0.4) is 0 Å². The molecule has 27 heavy (non-hydrogen) atoms. The molecule has 3 heterocycles. The smallest absolute Gasteiger partial charge is 0.245 e. The van der Waals surface area contributed by atoms with E-state index in [4.69, 9.17) is 4.98 Å². The number of hydrogen-bond acceptors (Lipinski definition) is 3. The summed E-state index contributed by atoms with van der Waals surface area (Å²) in [7, 11) is 0. The largest absolute Gasteiger partial charge is 0.339 e. The molecule has 4 rings (SSSR count). The van der Waals surface area contributed by atoms with Gasteiger partial charge in [-0.2, -0.15) is 0 Å². The van der Waals surface area contributed by atoms with E-state index in [1.54, 1.807) is 0 Å². The number of fused-ring (bicyclic) bond motifs is 1. The van der Waals surface area contributed by atoms with Gasteiger partial charge in [0.1, 0.15) is 11.9 Å². The maximum atomic E-state index is 13.1. The lowest BCUT2D eigenvalue weighted by atomic mass is 9.95. The Labute approximate surface area is 160 Å². The van der Waals surface area contributed by atoms with Crippen LogP contribution in [0.15, 0.2) is 48.7 Å². The molecule has 0 aliphatic carbocycles. The van der Waals surface area contributed by atoms with Gasteiger partial charge in [-0.1, -0.05) is 32.0 Å². The van der Waals surface area contributed by atoms with E-state index in [0.717, 1.165) is 42.1 Å². The molecule has 1 aromatic carbocycles. The molecule has 0 bridgehead atoms. The zero-order valence-electron chi connectivity index (χ0n) is 16.2. The lowest BCUT2D eigenvalue weighted by Gasteiger charge is -2.40. The molecule has 140 valence electrons. The summed E-state index contributed by atoms with van der Waals surface area (Å²) < 4.78 is 2.13. The van der Waals surface area contributed by atoms with Crippen molar-refractivity contribution in [3.05, 3.63) is 60.2 Å². The van der Waals surface area contributed by atoms with E-state index in [-0.39, 0.29) is 11.9 Å². The van der Waals surface area contributed by atoms with Crippen molar-refractivity contribution in [1.29, 1.82) is 0 Å². The van der Waals surface area contributed by atoms with Crippen LogP contribution < -0.4 is 0 Å². The topological polar surface area (TPSA) is 51.0 Å². The minimum absolute atomic E-state index is 0.162. The van der Waals surface area contributed by atoms with Crippen LogP contribution in [0.2, 0.25) is 0 Å². The van der Waals surface area contributed by atoms with Crippen molar-refractivity contribution < 1.29 is 4.79 Å². The van der Waals surface area contributed by atoms with Gasteiger partial charge < -0.3 is 9.47 Å². The Morgan fingerprint density at radius 2 is 1.85 bits per heavy atom. The summed E-state index contributed by atoms with van der Waals surface area (Å²) in [4.78, 5) is 24.3. The van der Waals surface area contributed by atoms with Gasteiger partial charge in [-0.15, -0.1) is 0 Å². The van der Waals surface area contributed by atoms with Gasteiger partial charge in [0.05, 0.1) is 11.0 Å². The minimum Gasteiger partial charge on any atom is -0.339 e. The Bertz CT molecular complexity index is 941. The Morgan fingerprint density at radius 3 is 2.56 bits per heavy atom. The number of aromatic nitrogens is 3. The number of carbonyl (C=O) groups is 1. The second-order valence-electron chi connectivity index (χ2n) is 7.86. The first-order valence-corrected chi connectivity index (χ1v) is 9.70. The molecule has 0 spiro atoms. The van der Waals surface area contributed by atoms with Crippen LogP contribution in [0.25, 0.3) is 11.0 Å². The molecule has 1 fully saturated rings. The Balaban J connectivity index is 1.56. The summed E-state index contributed by atoms with van der Waals surface area (Å²) in [5.41, 5.74) is 3.07. The first kappa shape index (κ1) is 17.7. The molecule has 5 heteroatoms. The highest BCUT2D eigenvalue weighted by Gasteiger charge is 2.35. The van der Waals surface area contributed by atoms with Crippen molar-refractivity contribution >= 4 is 16.9 Å². The van der Waals surface area contributed by atoms with E-state index in [0.29, 0.717) is 11.8 Å². The molecule has 0 N–H and O–H groups in total. The van der Waals surface area contributed by atoms with Crippen molar-refractivity contribution in [3.8, 4) is 0 Å². The van der Waals surface area contributed by atoms with Crippen LogP contribution in [0, 0.1) is 5.92 Å². The lowest BCUT2D eigenvalue weighted by Crippen LogP contribution is -2.50. The number of nitrogens with zero attached hydrogens (tertiary/aromatic N) is 4. The molecule has 0 radical (unpaired) electrons. The standard InChI is InChI=1S/C22H26N4O/c1-15(2)12-21-24-19-9-4-5-10-20(19)26(21)16(3)22(27)25-13-17(14-25)18-8-6-7-11-23-18/h4-11,15-17H,12-14H2,1-3H3/t16-/m0/s1. The lowest BCUT2D eigenvalue weighted by molar-refractivity contribution is -0.138. The fourth-order valence-electron chi connectivity index (χ4n) is 3.87. The Morgan fingerprint density at radius 1 is 1.11 bits per heavy atom. The summed E-state index contributed by atoms with van der Waals surface area (Å²) in [6.07, 6.45) is 2.68. The van der Waals surface area contributed by atoms with Gasteiger partial charge in [0.2, 0.25) is 5.91 Å². The Hall–Kier alpha value is -2.69. The molecule has 0 unspecified atom stereocenters. The van der Waals surface area contributed by atoms with Crippen molar-refractivity contribution in [1.82, 2.24) is 19.4 Å². The highest BCUT2D eigenvalue weighted by Crippen LogP contribution is 2.30. The number of pyridine rings is 1. The summed E-state index contributed by atoms with van der Waals surface area (Å²) in [5, 5.41) is 0. The monoisotopic (exact) mass is 362 g/mol. The summed E-state index contributed by atoms with van der Waals surface area (Å²) in [6.45, 7) is 7.85. The normalized spacial score (nSPS) is 15.9. The van der Waals surface area contributed by atoms with E-state index in [9.17, 15) is 4.79 Å². The van der Waals surface area contributed by atoms with Gasteiger partial charge >= 0.3 is 0 Å². The zero-order valence-corrected chi connectivity index (χ0v) is 16.2. The van der Waals surface area contributed by atoms with Gasteiger partial charge in [-0.05, 0) is 37.1 Å². The van der Waals surface area contributed by atoms with Crippen LogP contribution in [0.1, 0.15) is 44.2 Å². The van der Waals surface area contributed by atoms with Crippen molar-refractivity contribution in [3.63, 3.8) is 0 Å². The van der Waals surface area contributed by atoms with Gasteiger partial charge in [-0.3, -0.25) is 9.78 Å². The maximum absolute atomic E-state index is 13.1. The maximum Gasteiger partial charge on any atom is 0.245 e. The van der Waals surface area contributed by atoms with Crippen LogP contribution in [0.5, 0.6) is 0 Å². The van der Waals surface area contributed by atoms with E-state index < -0.39 is 0 Å². The Kier molecular flexibility index (Phi) is 4.68. The average Bonchev–Trinajstić information content (AvgIpc) is 2.97. The van der Waals surface area contributed by atoms with Crippen molar-refractivity contribution in [2.75, 3.05) is 13.1 Å². The SMILES string of the molecule is CC(C)Cc1nc2ccccc2n1[C@@H](C)C(=O)N1CC(c2ccccn2)C1. The predicted molar refractivity (Wildman–Crippen MR) is 107 cm³/mol. The molecule has 1 aliphatic heterocycles. The first-order valence-electron chi connectivity index (χ1n) is 9.70. The second kappa shape index (κ2) is 7.14. The van der Waals surface area contributed by atoms with Crippen LogP contribution in [-0.4, -0.2) is 38.4 Å². The molecule has 2 aromatic heterocycles. The first-order chi connectivity index (χ1) is 13.0. The van der Waals surface area contributed by atoms with Gasteiger partial charge in [0.25, 0.3) is 0 Å². The number of hydrogen-bond donors (Lipinski definition) is 0. The second-order valence-corrected chi connectivity index (χ2v) is 7.86. The van der Waals surface area contributed by atoms with Crippen molar-refractivity contribution in [2.24, 2.45) is 5.92 Å². The highest BCUT2D eigenvalue weighted by atomic mass is 16.2. The highest BCUT2D eigenvalue weighted by molar-refractivity contribution is 5.84. The number of para-hydroxylation sites is 2. The van der Waals surface area contributed by atoms with Crippen LogP contribution in [-0.2, 0) is 11.2 Å². The molecule has 0 saturated carbocycles. The third kappa shape index (κ3) is 3.34. The molecule has 1 saturated heterocycles. The summed E-state index contributed by atoms with van der Waals surface area (Å²) in [5.74, 6) is 1.99. The quantitative estimate of drug-likeness (QED) is 0.693. The number of benzene rings is 1. The van der Waals surface area contributed by atoms with Gasteiger partial charge in [0, 0.05) is 37.3 Å². The zero-order chi connectivity index (χ0) is 19.0. The fraction of sp³-hybridized carbons (Fsp3) is 0.409. The molecule has 1 amide bonds. The minimum atomic E-state index is -0.254. The number of likely N-dealkylation sites (tertiary alicyclic amines) is 1. The van der Waals surface area contributed by atoms with Crippen LogP contribution >= 0.6 is 0 Å². The molecular weight excluding hydrogens is 336 g/mol. The van der Waals surface area contributed by atoms with E-state index in [1.165, 1.54) is 0 Å². The number of imidazole rings is 1. The van der Waals surface area contributed by atoms with E-state index in [2.05, 4.69) is 29.5 Å². The number of carbonyl (C=O) groups excluding carboxylic acids is 1. The van der Waals surface area contributed by atoms with E-state index in [1.807, 2.05) is 54.4 Å². The van der Waals surface area contributed by atoms with E-state index >= 15 is 0 Å². The molecule has 5 nitrogen and oxygen atoms in total. The third-order valence-corrected chi connectivity index (χ3v) is 5.30. The predicted octanol–water partition coefficient (Wildman–Crippen LogP) is 3.82. The van der Waals surface area contributed by atoms with Gasteiger partial charge in [0.15, 0.2) is 0 Å². The average molecular weight is 362 g/mol. The molecular formula is C22H26N4O. The fourth-order valence-corrected chi connectivity index (χ4v) is 3.87. The summed E-state index contributed by atoms with van der Waals surface area (Å²) >= 11 is 0.